The van der Waals surface area contributed by atoms with Gasteiger partial charge in [0, 0.05) is 25.0 Å². The van der Waals surface area contributed by atoms with Crippen molar-refractivity contribution in [2.45, 2.75) is 39.5 Å². The van der Waals surface area contributed by atoms with Crippen LogP contribution in [0.1, 0.15) is 39.5 Å². The van der Waals surface area contributed by atoms with E-state index in [9.17, 15) is 5.11 Å². The van der Waals surface area contributed by atoms with Crippen molar-refractivity contribution in [2.24, 2.45) is 5.41 Å². The average Bonchev–Trinajstić information content (AvgIpc) is 3.04. The van der Waals surface area contributed by atoms with E-state index in [1.165, 1.54) is 12.8 Å². The summed E-state index contributed by atoms with van der Waals surface area (Å²) in [7, 11) is 0. The van der Waals surface area contributed by atoms with Gasteiger partial charge in [0.05, 0.1) is 18.5 Å². The van der Waals surface area contributed by atoms with Crippen molar-refractivity contribution in [2.75, 3.05) is 36.5 Å². The molecular weight excluding hydrogens is 250 g/mol. The first kappa shape index (κ1) is 15.1. The molecule has 0 aromatic carbocycles. The van der Waals surface area contributed by atoms with Crippen LogP contribution in [-0.2, 0) is 0 Å². The minimum absolute atomic E-state index is 0.0202. The van der Waals surface area contributed by atoms with E-state index in [-0.39, 0.29) is 12.0 Å². The summed E-state index contributed by atoms with van der Waals surface area (Å²) >= 11 is 0. The SMILES string of the molecule is CCC(CC)(CO)CNc1ccc(N2CCCC2)nc1. The van der Waals surface area contributed by atoms with E-state index >= 15 is 0 Å². The second-order valence-electron chi connectivity index (χ2n) is 5.82. The fourth-order valence-electron chi connectivity index (χ4n) is 2.69. The minimum atomic E-state index is -0.0202. The van der Waals surface area contributed by atoms with Crippen molar-refractivity contribution in [3.63, 3.8) is 0 Å². The minimum Gasteiger partial charge on any atom is -0.396 e. The summed E-state index contributed by atoms with van der Waals surface area (Å²) in [6.07, 6.45) is 6.40. The third-order valence-corrected chi connectivity index (χ3v) is 4.68. The molecular formula is C16H27N3O. The highest BCUT2D eigenvalue weighted by molar-refractivity contribution is 5.49. The third-order valence-electron chi connectivity index (χ3n) is 4.68. The number of pyridine rings is 1. The van der Waals surface area contributed by atoms with Crippen molar-refractivity contribution < 1.29 is 5.11 Å². The molecule has 0 unspecified atom stereocenters. The molecule has 0 radical (unpaired) electrons. The van der Waals surface area contributed by atoms with E-state index in [1.807, 2.05) is 6.20 Å². The number of hydrogen-bond acceptors (Lipinski definition) is 4. The molecule has 1 aliphatic rings. The average molecular weight is 277 g/mol. The molecule has 0 aliphatic carbocycles. The predicted molar refractivity (Wildman–Crippen MR) is 84.3 cm³/mol. The molecule has 1 saturated heterocycles. The molecule has 1 fully saturated rings. The molecule has 1 aromatic rings. The van der Waals surface area contributed by atoms with Crippen LogP contribution in [0.3, 0.4) is 0 Å². The van der Waals surface area contributed by atoms with Crippen LogP contribution in [0.15, 0.2) is 18.3 Å². The third kappa shape index (κ3) is 3.42. The highest BCUT2D eigenvalue weighted by Crippen LogP contribution is 2.26. The number of nitrogens with zero attached hydrogens (tertiary/aromatic N) is 2. The van der Waals surface area contributed by atoms with Gasteiger partial charge in [-0.3, -0.25) is 0 Å². The molecule has 1 aromatic heterocycles. The quantitative estimate of drug-likeness (QED) is 0.804. The predicted octanol–water partition coefficient (Wildman–Crippen LogP) is 2.89. The molecule has 2 heterocycles. The van der Waals surface area contributed by atoms with Crippen molar-refractivity contribution >= 4 is 11.5 Å². The Bertz CT molecular complexity index is 386. The largest absolute Gasteiger partial charge is 0.396 e. The lowest BCUT2D eigenvalue weighted by atomic mass is 9.83. The zero-order valence-corrected chi connectivity index (χ0v) is 12.7. The van der Waals surface area contributed by atoms with Gasteiger partial charge in [-0.25, -0.2) is 4.98 Å². The van der Waals surface area contributed by atoms with Gasteiger partial charge in [0.15, 0.2) is 0 Å². The Morgan fingerprint density at radius 2 is 1.95 bits per heavy atom. The van der Waals surface area contributed by atoms with Crippen LogP contribution in [0.5, 0.6) is 0 Å². The zero-order chi connectivity index (χ0) is 14.4. The zero-order valence-electron chi connectivity index (χ0n) is 12.7. The van der Waals surface area contributed by atoms with Crippen LogP contribution in [0.25, 0.3) is 0 Å². The molecule has 0 spiro atoms. The molecule has 1 aliphatic heterocycles. The lowest BCUT2D eigenvalue weighted by Gasteiger charge is -2.30. The highest BCUT2D eigenvalue weighted by atomic mass is 16.3. The maximum absolute atomic E-state index is 9.58. The smallest absolute Gasteiger partial charge is 0.128 e. The summed E-state index contributed by atoms with van der Waals surface area (Å²) < 4.78 is 0. The van der Waals surface area contributed by atoms with Crippen LogP contribution in [0.2, 0.25) is 0 Å². The number of nitrogens with one attached hydrogen (secondary N) is 1. The summed E-state index contributed by atoms with van der Waals surface area (Å²) in [5, 5.41) is 13.0. The van der Waals surface area contributed by atoms with Gasteiger partial charge < -0.3 is 15.3 Å². The van der Waals surface area contributed by atoms with E-state index in [0.717, 1.165) is 44.0 Å². The highest BCUT2D eigenvalue weighted by Gasteiger charge is 2.24. The molecule has 112 valence electrons. The summed E-state index contributed by atoms with van der Waals surface area (Å²) in [4.78, 5) is 6.87. The van der Waals surface area contributed by atoms with E-state index in [1.54, 1.807) is 0 Å². The Balaban J connectivity index is 1.93. The van der Waals surface area contributed by atoms with Crippen LogP contribution in [0.4, 0.5) is 11.5 Å². The second kappa shape index (κ2) is 6.93. The number of hydrogen-bond donors (Lipinski definition) is 2. The molecule has 0 saturated carbocycles. The first-order valence-corrected chi connectivity index (χ1v) is 7.79. The maximum atomic E-state index is 9.58. The van der Waals surface area contributed by atoms with E-state index in [4.69, 9.17) is 0 Å². The van der Waals surface area contributed by atoms with Crippen molar-refractivity contribution in [3.8, 4) is 0 Å². The van der Waals surface area contributed by atoms with Crippen molar-refractivity contribution in [1.29, 1.82) is 0 Å². The van der Waals surface area contributed by atoms with Gasteiger partial charge in [-0.05, 0) is 37.8 Å². The fraction of sp³-hybridized carbons (Fsp3) is 0.688. The standard InChI is InChI=1S/C16H27N3O/c1-3-16(4-2,13-20)12-18-14-7-8-15(17-11-14)19-9-5-6-10-19/h7-8,11,18,20H,3-6,9-10,12-13H2,1-2H3. The number of aliphatic hydroxyl groups is 1. The summed E-state index contributed by atoms with van der Waals surface area (Å²) in [5.74, 6) is 1.08. The second-order valence-corrected chi connectivity index (χ2v) is 5.82. The Hall–Kier alpha value is -1.29. The van der Waals surface area contributed by atoms with Gasteiger partial charge in [0.2, 0.25) is 0 Å². The Labute approximate surface area is 122 Å². The van der Waals surface area contributed by atoms with E-state index < -0.39 is 0 Å². The van der Waals surface area contributed by atoms with Gasteiger partial charge in [-0.15, -0.1) is 0 Å². The molecule has 2 rings (SSSR count). The van der Waals surface area contributed by atoms with Crippen LogP contribution in [0, 0.1) is 5.41 Å². The molecule has 0 atom stereocenters. The molecule has 4 heteroatoms. The lowest BCUT2D eigenvalue weighted by Crippen LogP contribution is -2.32. The Morgan fingerprint density at radius 1 is 1.25 bits per heavy atom. The van der Waals surface area contributed by atoms with Crippen molar-refractivity contribution in [1.82, 2.24) is 4.98 Å². The topological polar surface area (TPSA) is 48.4 Å². The first-order valence-electron chi connectivity index (χ1n) is 7.79. The van der Waals surface area contributed by atoms with Crippen molar-refractivity contribution in [3.05, 3.63) is 18.3 Å². The summed E-state index contributed by atoms with van der Waals surface area (Å²) in [5.41, 5.74) is 1.01. The van der Waals surface area contributed by atoms with Crippen LogP contribution >= 0.6 is 0 Å². The maximum Gasteiger partial charge on any atom is 0.128 e. The van der Waals surface area contributed by atoms with E-state index in [0.29, 0.717) is 0 Å². The monoisotopic (exact) mass is 277 g/mol. The Morgan fingerprint density at radius 3 is 2.45 bits per heavy atom. The summed E-state index contributed by atoms with van der Waals surface area (Å²) in [6, 6.07) is 4.18. The molecule has 4 nitrogen and oxygen atoms in total. The normalized spacial score (nSPS) is 15.7. The van der Waals surface area contributed by atoms with Gasteiger partial charge in [0.1, 0.15) is 5.82 Å². The van der Waals surface area contributed by atoms with Crippen LogP contribution < -0.4 is 10.2 Å². The van der Waals surface area contributed by atoms with Crippen LogP contribution in [-0.4, -0.2) is 36.3 Å². The van der Waals surface area contributed by atoms with Gasteiger partial charge >= 0.3 is 0 Å². The number of aromatic nitrogens is 1. The van der Waals surface area contributed by atoms with E-state index in [2.05, 4.69) is 41.2 Å². The molecule has 0 bridgehead atoms. The molecule has 20 heavy (non-hydrogen) atoms. The fourth-order valence-corrected chi connectivity index (χ4v) is 2.69. The van der Waals surface area contributed by atoms with Gasteiger partial charge in [0.25, 0.3) is 0 Å². The first-order chi connectivity index (χ1) is 9.73. The number of rotatable bonds is 7. The summed E-state index contributed by atoms with van der Waals surface area (Å²) in [6.45, 7) is 7.54. The number of anilines is 2. The molecule has 2 N–H and O–H groups in total. The number of aliphatic hydroxyl groups excluding tert-OH is 1. The lowest BCUT2D eigenvalue weighted by molar-refractivity contribution is 0.127. The van der Waals surface area contributed by atoms with Gasteiger partial charge in [-0.1, -0.05) is 13.8 Å². The molecule has 0 amide bonds. The van der Waals surface area contributed by atoms with Gasteiger partial charge in [-0.2, -0.15) is 0 Å². The Kier molecular flexibility index (Phi) is 5.24.